The lowest BCUT2D eigenvalue weighted by Crippen LogP contribution is -2.52. The van der Waals surface area contributed by atoms with Crippen molar-refractivity contribution in [3.05, 3.63) is 144 Å². The number of halogens is 1. The number of carbonyl (C=O) groups excluding carboxylic acids is 1. The van der Waals surface area contributed by atoms with Crippen LogP contribution in [0.4, 0.5) is 0 Å². The van der Waals surface area contributed by atoms with Crippen molar-refractivity contribution in [1.29, 1.82) is 0 Å². The summed E-state index contributed by atoms with van der Waals surface area (Å²) in [6, 6.07) is 38.9. The van der Waals surface area contributed by atoms with Crippen molar-refractivity contribution in [3.63, 3.8) is 0 Å². The number of benzene rings is 4. The first-order valence-corrected chi connectivity index (χ1v) is 15.5. The summed E-state index contributed by atoms with van der Waals surface area (Å²) in [5.41, 5.74) is 3.79. The molecule has 4 atom stereocenters. The number of hydrogen-bond acceptors (Lipinski definition) is 6. The Hall–Kier alpha value is -2.92. The zero-order valence-electron chi connectivity index (χ0n) is 23.5. The molecule has 0 radical (unpaired) electrons. The molecule has 42 heavy (non-hydrogen) atoms. The van der Waals surface area contributed by atoms with Crippen LogP contribution in [-0.2, 0) is 50.2 Å². The largest absolute Gasteiger partial charge is 0.388 e. The summed E-state index contributed by atoms with van der Waals surface area (Å²) in [4.78, 5) is 13.4. The van der Waals surface area contributed by atoms with E-state index in [9.17, 15) is 9.90 Å². The van der Waals surface area contributed by atoms with Gasteiger partial charge in [-0.1, -0.05) is 144 Å². The van der Waals surface area contributed by atoms with Crippen LogP contribution in [-0.4, -0.2) is 46.3 Å². The fourth-order valence-electron chi connectivity index (χ4n) is 4.49. The number of hydrogen-bond donors (Lipinski definition) is 1. The Morgan fingerprint density at radius 3 is 1.38 bits per heavy atom. The molecule has 0 aromatic heterocycles. The Morgan fingerprint density at radius 1 is 0.571 bits per heavy atom. The topological polar surface area (TPSA) is 74.2 Å². The van der Waals surface area contributed by atoms with Crippen LogP contribution >= 0.6 is 22.6 Å². The highest BCUT2D eigenvalue weighted by atomic mass is 127. The average Bonchev–Trinajstić information content (AvgIpc) is 3.05. The standard InChI is InChI=1S/C35H37IO6/c36-21-31(37)33(40-23-28-15-7-2-8-16-28)35(42-25-30-19-11-4-12-20-30)34(41-24-29-17-9-3-10-18-29)32(38)26-39-22-27-13-5-1-6-14-27/h1-20,32-35,38H,21-26H2/t32-,33+,34+,35-/m1/s1. The van der Waals surface area contributed by atoms with Gasteiger partial charge in [-0.15, -0.1) is 0 Å². The van der Waals surface area contributed by atoms with Crippen molar-refractivity contribution >= 4 is 28.4 Å². The Balaban J connectivity index is 1.59. The molecular formula is C35H37IO6. The summed E-state index contributed by atoms with van der Waals surface area (Å²) in [7, 11) is 0. The third-order valence-electron chi connectivity index (χ3n) is 6.69. The van der Waals surface area contributed by atoms with Gasteiger partial charge in [0.1, 0.15) is 24.4 Å². The minimum absolute atomic E-state index is 0.0105. The summed E-state index contributed by atoms with van der Waals surface area (Å²) in [6.45, 7) is 0.970. The van der Waals surface area contributed by atoms with Crippen molar-refractivity contribution in [3.8, 4) is 0 Å². The lowest BCUT2D eigenvalue weighted by atomic mass is 9.99. The van der Waals surface area contributed by atoms with Gasteiger partial charge in [0, 0.05) is 0 Å². The minimum Gasteiger partial charge on any atom is -0.388 e. The molecular weight excluding hydrogens is 643 g/mol. The van der Waals surface area contributed by atoms with Crippen LogP contribution in [0.25, 0.3) is 0 Å². The Kier molecular flexibility index (Phi) is 13.6. The normalized spacial score (nSPS) is 14.1. The summed E-state index contributed by atoms with van der Waals surface area (Å²) in [5, 5.41) is 11.5. The molecule has 0 aliphatic heterocycles. The quantitative estimate of drug-likeness (QED) is 0.0980. The fourth-order valence-corrected chi connectivity index (χ4v) is 4.92. The van der Waals surface area contributed by atoms with E-state index in [0.717, 1.165) is 22.3 Å². The number of aliphatic hydroxyl groups excluding tert-OH is 1. The van der Waals surface area contributed by atoms with Crippen molar-refractivity contribution < 1.29 is 28.8 Å². The van der Waals surface area contributed by atoms with E-state index in [0.29, 0.717) is 6.61 Å². The monoisotopic (exact) mass is 680 g/mol. The maximum atomic E-state index is 13.4. The van der Waals surface area contributed by atoms with Crippen LogP contribution in [0.15, 0.2) is 121 Å². The van der Waals surface area contributed by atoms with Crippen molar-refractivity contribution in [2.45, 2.75) is 50.8 Å². The number of ether oxygens (including phenoxy) is 4. The first-order valence-electron chi connectivity index (χ1n) is 14.0. The number of carbonyl (C=O) groups is 1. The fraction of sp³-hybridized carbons (Fsp3) is 0.286. The maximum Gasteiger partial charge on any atom is 0.174 e. The number of rotatable bonds is 18. The summed E-state index contributed by atoms with van der Waals surface area (Å²) in [6.07, 6.45) is -3.90. The third kappa shape index (κ3) is 10.4. The Bertz CT molecular complexity index is 1290. The second kappa shape index (κ2) is 17.9. The molecule has 4 aromatic carbocycles. The van der Waals surface area contributed by atoms with Gasteiger partial charge in [-0.05, 0) is 22.3 Å². The average molecular weight is 681 g/mol. The Morgan fingerprint density at radius 2 is 0.952 bits per heavy atom. The van der Waals surface area contributed by atoms with E-state index < -0.39 is 24.4 Å². The molecule has 0 aliphatic carbocycles. The molecule has 0 saturated carbocycles. The van der Waals surface area contributed by atoms with Crippen molar-refractivity contribution in [2.24, 2.45) is 0 Å². The van der Waals surface area contributed by atoms with E-state index >= 15 is 0 Å². The van der Waals surface area contributed by atoms with Crippen LogP contribution in [0, 0.1) is 0 Å². The van der Waals surface area contributed by atoms with Crippen LogP contribution in [0.2, 0.25) is 0 Å². The van der Waals surface area contributed by atoms with Crippen LogP contribution in [0.1, 0.15) is 22.3 Å². The molecule has 0 fully saturated rings. The van der Waals surface area contributed by atoms with E-state index in [1.807, 2.05) is 144 Å². The van der Waals surface area contributed by atoms with Gasteiger partial charge >= 0.3 is 0 Å². The van der Waals surface area contributed by atoms with Gasteiger partial charge in [0.15, 0.2) is 5.78 Å². The second-order valence-corrected chi connectivity index (χ2v) is 10.7. The summed E-state index contributed by atoms with van der Waals surface area (Å²) < 4.78 is 25.2. The summed E-state index contributed by atoms with van der Waals surface area (Å²) >= 11 is 2.04. The second-order valence-electron chi connectivity index (χ2n) is 9.91. The van der Waals surface area contributed by atoms with Crippen molar-refractivity contribution in [1.82, 2.24) is 0 Å². The molecule has 0 aliphatic rings. The van der Waals surface area contributed by atoms with E-state index in [-0.39, 0.29) is 36.6 Å². The highest BCUT2D eigenvalue weighted by molar-refractivity contribution is 14.1. The third-order valence-corrected chi connectivity index (χ3v) is 7.45. The zero-order valence-corrected chi connectivity index (χ0v) is 25.6. The van der Waals surface area contributed by atoms with Gasteiger partial charge in [-0.2, -0.15) is 0 Å². The first kappa shape index (κ1) is 32.0. The zero-order chi connectivity index (χ0) is 29.4. The molecule has 0 spiro atoms. The smallest absolute Gasteiger partial charge is 0.174 e. The van der Waals surface area contributed by atoms with E-state index in [1.54, 1.807) is 0 Å². The molecule has 1 N–H and O–H groups in total. The van der Waals surface area contributed by atoms with Crippen LogP contribution in [0.5, 0.6) is 0 Å². The molecule has 220 valence electrons. The number of ketones is 1. The lowest BCUT2D eigenvalue weighted by Gasteiger charge is -2.35. The van der Waals surface area contributed by atoms with Gasteiger partial charge in [-0.25, -0.2) is 0 Å². The predicted octanol–water partition coefficient (Wildman–Crippen LogP) is 6.32. The number of aliphatic hydroxyl groups is 1. The first-order chi connectivity index (χ1) is 20.6. The van der Waals surface area contributed by atoms with E-state index in [4.69, 9.17) is 18.9 Å². The van der Waals surface area contributed by atoms with Gasteiger partial charge in [0.05, 0.1) is 37.5 Å². The van der Waals surface area contributed by atoms with Crippen LogP contribution < -0.4 is 0 Å². The molecule has 7 heteroatoms. The lowest BCUT2D eigenvalue weighted by molar-refractivity contribution is -0.189. The van der Waals surface area contributed by atoms with E-state index in [2.05, 4.69) is 0 Å². The highest BCUT2D eigenvalue weighted by Crippen LogP contribution is 2.23. The molecule has 0 heterocycles. The van der Waals surface area contributed by atoms with Gasteiger partial charge in [0.25, 0.3) is 0 Å². The maximum absolute atomic E-state index is 13.4. The molecule has 4 rings (SSSR count). The number of Topliss-reactive ketones (excluding diaryl/α,β-unsaturated/α-hetero) is 1. The van der Waals surface area contributed by atoms with E-state index in [1.165, 1.54) is 0 Å². The van der Waals surface area contributed by atoms with Gasteiger partial charge < -0.3 is 24.1 Å². The minimum atomic E-state index is -1.09. The van der Waals surface area contributed by atoms with Crippen LogP contribution in [0.3, 0.4) is 0 Å². The molecule has 0 bridgehead atoms. The molecule has 4 aromatic rings. The molecule has 0 amide bonds. The van der Waals surface area contributed by atoms with Gasteiger partial charge in [-0.3, -0.25) is 4.79 Å². The van der Waals surface area contributed by atoms with Crippen molar-refractivity contribution in [2.75, 3.05) is 11.0 Å². The Labute approximate surface area is 261 Å². The number of alkyl halides is 1. The summed E-state index contributed by atoms with van der Waals surface area (Å²) in [5.74, 6) is -0.143. The van der Waals surface area contributed by atoms with Gasteiger partial charge in [0.2, 0.25) is 0 Å². The molecule has 0 saturated heterocycles. The highest BCUT2D eigenvalue weighted by Gasteiger charge is 2.40. The predicted molar refractivity (Wildman–Crippen MR) is 171 cm³/mol. The molecule has 6 nitrogen and oxygen atoms in total. The molecule has 0 unspecified atom stereocenters. The SMILES string of the molecule is O=C(CI)[C@H](OCc1ccccc1)[C@@H](OCc1ccccc1)[C@@H](OCc1ccccc1)[C@H](O)COCc1ccccc1.